The molecule has 4 rings (SSSR count). The lowest BCUT2D eigenvalue weighted by molar-refractivity contribution is 0.102. The minimum absolute atomic E-state index is 0.248. The molecule has 0 bridgehead atoms. The van der Waals surface area contributed by atoms with Gasteiger partial charge in [-0.2, -0.15) is 0 Å². The molecule has 0 fully saturated rings. The largest absolute Gasteiger partial charge is 0.457 e. The van der Waals surface area contributed by atoms with E-state index in [2.05, 4.69) is 11.4 Å². The first-order valence-corrected chi connectivity index (χ1v) is 8.81. The summed E-state index contributed by atoms with van der Waals surface area (Å²) in [5.74, 6) is 1.15. The fourth-order valence-corrected chi connectivity index (χ4v) is 2.99. The first kappa shape index (κ1) is 17.4. The number of nitrogens with two attached hydrogens (primary N) is 2. The molecule has 0 saturated heterocycles. The summed E-state index contributed by atoms with van der Waals surface area (Å²) in [6, 6.07) is 25.9. The van der Waals surface area contributed by atoms with Crippen molar-refractivity contribution in [1.29, 1.82) is 0 Å². The molecule has 5 nitrogen and oxygen atoms in total. The third-order valence-electron chi connectivity index (χ3n) is 4.31. The van der Waals surface area contributed by atoms with E-state index in [-0.39, 0.29) is 5.91 Å². The number of nitrogen functional groups attached to an aromatic ring is 2. The highest BCUT2D eigenvalue weighted by Gasteiger charge is 2.08. The van der Waals surface area contributed by atoms with E-state index in [1.54, 1.807) is 42.5 Å². The number of nitrogens with one attached hydrogen (secondary N) is 1. The Morgan fingerprint density at radius 1 is 0.714 bits per heavy atom. The summed E-state index contributed by atoms with van der Waals surface area (Å²) in [6.07, 6.45) is 0. The first-order valence-electron chi connectivity index (χ1n) is 8.81. The van der Waals surface area contributed by atoms with Crippen LogP contribution in [0.4, 0.5) is 17.1 Å². The van der Waals surface area contributed by atoms with Crippen molar-refractivity contribution in [3.63, 3.8) is 0 Å². The molecule has 0 aliphatic heterocycles. The van der Waals surface area contributed by atoms with Crippen LogP contribution < -0.4 is 21.5 Å². The molecule has 138 valence electrons. The molecule has 0 aliphatic rings. The zero-order valence-corrected chi connectivity index (χ0v) is 15.1. The van der Waals surface area contributed by atoms with Crippen LogP contribution in [0.15, 0.2) is 84.9 Å². The number of amides is 1. The maximum absolute atomic E-state index is 12.4. The topological polar surface area (TPSA) is 90.4 Å². The van der Waals surface area contributed by atoms with Crippen molar-refractivity contribution in [2.45, 2.75) is 0 Å². The summed E-state index contributed by atoms with van der Waals surface area (Å²) in [5.41, 5.74) is 13.6. The predicted octanol–water partition coefficient (Wildman–Crippen LogP) is 5.05. The number of anilines is 3. The minimum atomic E-state index is -0.248. The van der Waals surface area contributed by atoms with Crippen molar-refractivity contribution >= 4 is 33.7 Å². The Morgan fingerprint density at radius 2 is 1.36 bits per heavy atom. The molecule has 4 aromatic rings. The Labute approximate surface area is 162 Å². The summed E-state index contributed by atoms with van der Waals surface area (Å²) < 4.78 is 5.91. The van der Waals surface area contributed by atoms with E-state index < -0.39 is 0 Å². The van der Waals surface area contributed by atoms with Gasteiger partial charge in [0, 0.05) is 22.6 Å². The van der Waals surface area contributed by atoms with Gasteiger partial charge in [-0.15, -0.1) is 0 Å². The van der Waals surface area contributed by atoms with E-state index in [1.165, 1.54) is 0 Å². The molecule has 5 heteroatoms. The molecule has 5 N–H and O–H groups in total. The Balaban J connectivity index is 1.47. The number of hydrogen-bond donors (Lipinski definition) is 3. The quantitative estimate of drug-likeness (QED) is 0.439. The van der Waals surface area contributed by atoms with E-state index in [9.17, 15) is 4.79 Å². The van der Waals surface area contributed by atoms with Crippen molar-refractivity contribution in [3.05, 3.63) is 90.5 Å². The van der Waals surface area contributed by atoms with Crippen LogP contribution >= 0.6 is 0 Å². The van der Waals surface area contributed by atoms with Gasteiger partial charge in [0.2, 0.25) is 0 Å². The Morgan fingerprint density at radius 3 is 2.07 bits per heavy atom. The van der Waals surface area contributed by atoms with Gasteiger partial charge in [0.1, 0.15) is 11.5 Å². The Kier molecular flexibility index (Phi) is 4.56. The molecule has 0 heterocycles. The van der Waals surface area contributed by atoms with Crippen LogP contribution in [0.1, 0.15) is 10.4 Å². The SMILES string of the molecule is Nc1cc(N)cc(NC(=O)c2ccc(Oc3ccc4ccccc4c3)cc2)c1. The molecule has 0 aliphatic carbocycles. The Bertz CT molecular complexity index is 1130. The van der Waals surface area contributed by atoms with Crippen LogP contribution in [0.25, 0.3) is 10.8 Å². The van der Waals surface area contributed by atoms with Gasteiger partial charge in [-0.25, -0.2) is 0 Å². The zero-order chi connectivity index (χ0) is 19.5. The summed E-state index contributed by atoms with van der Waals surface area (Å²) in [5, 5.41) is 5.05. The molecule has 0 saturated carbocycles. The van der Waals surface area contributed by atoms with Crippen LogP contribution in [0.5, 0.6) is 11.5 Å². The van der Waals surface area contributed by atoms with Crippen molar-refractivity contribution in [2.75, 3.05) is 16.8 Å². The fraction of sp³-hybridized carbons (Fsp3) is 0. The van der Waals surface area contributed by atoms with Crippen molar-refractivity contribution in [1.82, 2.24) is 0 Å². The van der Waals surface area contributed by atoms with Crippen LogP contribution in [0.3, 0.4) is 0 Å². The third-order valence-corrected chi connectivity index (χ3v) is 4.31. The van der Waals surface area contributed by atoms with Gasteiger partial charge in [-0.05, 0) is 65.4 Å². The summed E-state index contributed by atoms with van der Waals surface area (Å²) in [7, 11) is 0. The zero-order valence-electron chi connectivity index (χ0n) is 15.1. The fourth-order valence-electron chi connectivity index (χ4n) is 2.99. The molecule has 0 aromatic heterocycles. The van der Waals surface area contributed by atoms with Crippen LogP contribution in [0.2, 0.25) is 0 Å². The molecule has 0 unspecified atom stereocenters. The Hall–Kier alpha value is -3.99. The third kappa shape index (κ3) is 3.88. The van der Waals surface area contributed by atoms with Gasteiger partial charge < -0.3 is 21.5 Å². The second kappa shape index (κ2) is 7.32. The molecule has 0 atom stereocenters. The van der Waals surface area contributed by atoms with Gasteiger partial charge in [-0.3, -0.25) is 4.79 Å². The summed E-state index contributed by atoms with van der Waals surface area (Å²) >= 11 is 0. The van der Waals surface area contributed by atoms with Crippen molar-refractivity contribution in [3.8, 4) is 11.5 Å². The standard InChI is InChI=1S/C23H19N3O2/c24-18-12-19(25)14-20(13-18)26-23(27)16-6-8-21(9-7-16)28-22-10-5-15-3-1-2-4-17(15)11-22/h1-14H,24-25H2,(H,26,27). The summed E-state index contributed by atoms with van der Waals surface area (Å²) in [4.78, 5) is 12.4. The van der Waals surface area contributed by atoms with Gasteiger partial charge in [-0.1, -0.05) is 30.3 Å². The average molecular weight is 369 g/mol. The van der Waals surface area contributed by atoms with Crippen molar-refractivity contribution < 1.29 is 9.53 Å². The van der Waals surface area contributed by atoms with Gasteiger partial charge in [0.05, 0.1) is 0 Å². The number of hydrogen-bond acceptors (Lipinski definition) is 4. The van der Waals surface area contributed by atoms with Crippen LogP contribution in [-0.4, -0.2) is 5.91 Å². The number of benzene rings is 4. The lowest BCUT2D eigenvalue weighted by Gasteiger charge is -2.09. The normalized spacial score (nSPS) is 10.6. The second-order valence-electron chi connectivity index (χ2n) is 6.48. The maximum atomic E-state index is 12.4. The van der Waals surface area contributed by atoms with E-state index in [4.69, 9.17) is 16.2 Å². The number of ether oxygens (including phenoxy) is 1. The number of rotatable bonds is 4. The summed E-state index contributed by atoms with van der Waals surface area (Å²) in [6.45, 7) is 0. The number of fused-ring (bicyclic) bond motifs is 1. The van der Waals surface area contributed by atoms with Gasteiger partial charge >= 0.3 is 0 Å². The van der Waals surface area contributed by atoms with E-state index in [0.717, 1.165) is 16.5 Å². The minimum Gasteiger partial charge on any atom is -0.457 e. The molecule has 28 heavy (non-hydrogen) atoms. The van der Waals surface area contributed by atoms with Gasteiger partial charge in [0.15, 0.2) is 0 Å². The lowest BCUT2D eigenvalue weighted by atomic mass is 10.1. The van der Waals surface area contributed by atoms with Crippen LogP contribution in [0, 0.1) is 0 Å². The van der Waals surface area contributed by atoms with E-state index in [1.807, 2.05) is 36.4 Å². The predicted molar refractivity (Wildman–Crippen MR) is 114 cm³/mol. The molecule has 4 aromatic carbocycles. The second-order valence-corrected chi connectivity index (χ2v) is 6.48. The molecular weight excluding hydrogens is 350 g/mol. The van der Waals surface area contributed by atoms with E-state index in [0.29, 0.717) is 28.4 Å². The van der Waals surface area contributed by atoms with Crippen LogP contribution in [-0.2, 0) is 0 Å². The number of carbonyl (C=O) groups is 1. The maximum Gasteiger partial charge on any atom is 0.255 e. The highest BCUT2D eigenvalue weighted by Crippen LogP contribution is 2.26. The average Bonchev–Trinajstić information content (AvgIpc) is 2.67. The number of carbonyl (C=O) groups excluding carboxylic acids is 1. The lowest BCUT2D eigenvalue weighted by Crippen LogP contribution is -2.12. The van der Waals surface area contributed by atoms with Gasteiger partial charge in [0.25, 0.3) is 5.91 Å². The first-order chi connectivity index (χ1) is 13.6. The smallest absolute Gasteiger partial charge is 0.255 e. The highest BCUT2D eigenvalue weighted by atomic mass is 16.5. The molecule has 0 spiro atoms. The monoisotopic (exact) mass is 369 g/mol. The highest BCUT2D eigenvalue weighted by molar-refractivity contribution is 6.04. The molecular formula is C23H19N3O2. The molecule has 1 amide bonds. The van der Waals surface area contributed by atoms with E-state index >= 15 is 0 Å². The molecule has 0 radical (unpaired) electrons. The van der Waals surface area contributed by atoms with Crippen molar-refractivity contribution in [2.24, 2.45) is 0 Å².